The molecule has 1 N–H and O–H groups in total. The lowest BCUT2D eigenvalue weighted by Gasteiger charge is -2.14. The predicted octanol–water partition coefficient (Wildman–Crippen LogP) is 3.50. The Balaban J connectivity index is 1.27. The summed E-state index contributed by atoms with van der Waals surface area (Å²) >= 11 is 6.51. The molecule has 0 aliphatic carbocycles. The monoisotopic (exact) mass is 505 g/mol. The van der Waals surface area contributed by atoms with Crippen LogP contribution in [0.3, 0.4) is 0 Å². The number of amides is 2. The molecular formula is C25H20ClN5O5. The molecule has 11 heteroatoms. The van der Waals surface area contributed by atoms with Crippen LogP contribution in [0.15, 0.2) is 33.5 Å². The third kappa shape index (κ3) is 3.40. The summed E-state index contributed by atoms with van der Waals surface area (Å²) in [5.74, 6) is 1.42. The van der Waals surface area contributed by atoms with Gasteiger partial charge in [0.2, 0.25) is 11.8 Å². The van der Waals surface area contributed by atoms with Crippen molar-refractivity contribution in [3.8, 4) is 17.0 Å². The Morgan fingerprint density at radius 3 is 2.83 bits per heavy atom. The lowest BCUT2D eigenvalue weighted by molar-refractivity contribution is -0.139. The van der Waals surface area contributed by atoms with Crippen LogP contribution in [0.25, 0.3) is 22.4 Å². The fraction of sp³-hybridized carbons (Fsp3) is 0.320. The molecule has 1 saturated heterocycles. The standard InChI is InChI=1S/C25H20ClN5O5/c26-13-5-12-6-19(24-16-9-27-4-3-17(16)30-36-24)35-23(12)15(7-13)22-25-18(28-11-29-22)8-14(34-25)10-31-20(32)1-2-21(31)33/h5,7-8,11,19,27H,1-4,6,9-10H2. The lowest BCUT2D eigenvalue weighted by Crippen LogP contribution is -2.28. The van der Waals surface area contributed by atoms with Crippen LogP contribution in [0.4, 0.5) is 0 Å². The van der Waals surface area contributed by atoms with Gasteiger partial charge >= 0.3 is 0 Å². The molecule has 3 aliphatic rings. The van der Waals surface area contributed by atoms with Crippen molar-refractivity contribution in [3.05, 3.63) is 57.9 Å². The number of furan rings is 1. The number of carbonyl (C=O) groups excluding carboxylic acids is 2. The number of hydrogen-bond acceptors (Lipinski definition) is 9. The van der Waals surface area contributed by atoms with E-state index in [-0.39, 0.29) is 37.3 Å². The number of rotatable bonds is 4. The smallest absolute Gasteiger partial charge is 0.230 e. The summed E-state index contributed by atoms with van der Waals surface area (Å²) in [4.78, 5) is 34.2. The topological polar surface area (TPSA) is 124 Å². The van der Waals surface area contributed by atoms with Crippen LogP contribution in [0.1, 0.15) is 47.3 Å². The van der Waals surface area contributed by atoms with E-state index in [9.17, 15) is 9.59 Å². The summed E-state index contributed by atoms with van der Waals surface area (Å²) < 4.78 is 18.2. The lowest BCUT2D eigenvalue weighted by atomic mass is 10.0. The maximum Gasteiger partial charge on any atom is 0.230 e. The molecule has 7 rings (SSSR count). The van der Waals surface area contributed by atoms with Crippen LogP contribution in [-0.4, -0.2) is 38.4 Å². The minimum absolute atomic E-state index is 0.0599. The highest BCUT2D eigenvalue weighted by atomic mass is 35.5. The first-order valence-corrected chi connectivity index (χ1v) is 12.2. The molecule has 1 aromatic carbocycles. The zero-order chi connectivity index (χ0) is 24.4. The number of ether oxygens (including phenoxy) is 1. The van der Waals surface area contributed by atoms with E-state index >= 15 is 0 Å². The van der Waals surface area contributed by atoms with Gasteiger partial charge in [-0.25, -0.2) is 9.97 Å². The minimum Gasteiger partial charge on any atom is -0.481 e. The molecule has 10 nitrogen and oxygen atoms in total. The summed E-state index contributed by atoms with van der Waals surface area (Å²) in [5, 5.41) is 8.15. The van der Waals surface area contributed by atoms with Crippen LogP contribution in [0.5, 0.6) is 5.75 Å². The molecule has 1 unspecified atom stereocenters. The first kappa shape index (κ1) is 21.5. The number of fused-ring (bicyclic) bond motifs is 3. The molecule has 1 fully saturated rings. The molecule has 3 aromatic heterocycles. The van der Waals surface area contributed by atoms with Crippen molar-refractivity contribution in [3.63, 3.8) is 0 Å². The first-order chi connectivity index (χ1) is 17.5. The van der Waals surface area contributed by atoms with E-state index in [1.807, 2.05) is 6.07 Å². The molecule has 4 aromatic rings. The Morgan fingerprint density at radius 2 is 1.97 bits per heavy atom. The van der Waals surface area contributed by atoms with Gasteiger partial charge in [-0.05, 0) is 12.1 Å². The molecular weight excluding hydrogens is 486 g/mol. The maximum absolute atomic E-state index is 12.1. The van der Waals surface area contributed by atoms with Gasteiger partial charge in [0.1, 0.15) is 29.0 Å². The van der Waals surface area contributed by atoms with Crippen molar-refractivity contribution in [2.75, 3.05) is 6.54 Å². The second-order valence-corrected chi connectivity index (χ2v) is 9.61. The number of nitrogens with one attached hydrogen (secondary N) is 1. The van der Waals surface area contributed by atoms with Crippen molar-refractivity contribution in [1.82, 2.24) is 25.3 Å². The Labute approximate surface area is 209 Å². The third-order valence-corrected chi connectivity index (χ3v) is 7.13. The molecule has 1 atom stereocenters. The van der Waals surface area contributed by atoms with Crippen molar-refractivity contribution >= 4 is 34.5 Å². The number of carbonyl (C=O) groups is 2. The van der Waals surface area contributed by atoms with E-state index in [1.54, 1.807) is 12.1 Å². The highest BCUT2D eigenvalue weighted by Crippen LogP contribution is 2.46. The second kappa shape index (κ2) is 8.14. The highest BCUT2D eigenvalue weighted by Gasteiger charge is 2.35. The molecule has 0 saturated carbocycles. The van der Waals surface area contributed by atoms with E-state index in [0.29, 0.717) is 51.9 Å². The van der Waals surface area contributed by atoms with Gasteiger partial charge < -0.3 is 19.0 Å². The summed E-state index contributed by atoms with van der Waals surface area (Å²) in [5.41, 5.74) is 5.15. The number of likely N-dealkylation sites (tertiary alicyclic amines) is 1. The zero-order valence-electron chi connectivity index (χ0n) is 19.0. The van der Waals surface area contributed by atoms with Gasteiger partial charge in [0.15, 0.2) is 17.4 Å². The zero-order valence-corrected chi connectivity index (χ0v) is 19.8. The fourth-order valence-corrected chi connectivity index (χ4v) is 5.43. The van der Waals surface area contributed by atoms with Crippen molar-refractivity contribution in [1.29, 1.82) is 0 Å². The van der Waals surface area contributed by atoms with E-state index in [4.69, 9.17) is 25.3 Å². The SMILES string of the molecule is O=C1CCC(=O)N1Cc1cc2ncnc(-c3cc(Cl)cc4c3OC(c3onc5c3CNCC5)C4)c2o1. The number of imide groups is 1. The number of nitrogens with zero attached hydrogens (tertiary/aromatic N) is 4. The summed E-state index contributed by atoms with van der Waals surface area (Å²) in [6.07, 6.45) is 2.97. The van der Waals surface area contributed by atoms with Gasteiger partial charge in [-0.2, -0.15) is 0 Å². The Kier molecular flexibility index (Phi) is 4.87. The van der Waals surface area contributed by atoms with Gasteiger partial charge in [0, 0.05) is 66.6 Å². The molecule has 0 radical (unpaired) electrons. The largest absolute Gasteiger partial charge is 0.481 e. The van der Waals surface area contributed by atoms with E-state index in [1.165, 1.54) is 11.2 Å². The molecule has 2 amide bonds. The van der Waals surface area contributed by atoms with E-state index in [0.717, 1.165) is 35.5 Å². The predicted molar refractivity (Wildman–Crippen MR) is 126 cm³/mol. The fourth-order valence-electron chi connectivity index (χ4n) is 5.19. The molecule has 3 aliphatic heterocycles. The van der Waals surface area contributed by atoms with Crippen LogP contribution < -0.4 is 10.1 Å². The average Bonchev–Trinajstić information content (AvgIpc) is 3.65. The maximum atomic E-state index is 12.1. The minimum atomic E-state index is -0.329. The molecule has 182 valence electrons. The molecule has 36 heavy (non-hydrogen) atoms. The van der Waals surface area contributed by atoms with E-state index < -0.39 is 0 Å². The van der Waals surface area contributed by atoms with Crippen molar-refractivity contribution in [2.45, 2.75) is 44.9 Å². The van der Waals surface area contributed by atoms with Gasteiger partial charge in [-0.15, -0.1) is 0 Å². The Bertz CT molecular complexity index is 1540. The highest BCUT2D eigenvalue weighted by molar-refractivity contribution is 6.31. The van der Waals surface area contributed by atoms with Crippen LogP contribution in [0, 0.1) is 0 Å². The van der Waals surface area contributed by atoms with Crippen LogP contribution >= 0.6 is 11.6 Å². The first-order valence-electron chi connectivity index (χ1n) is 11.8. The third-order valence-electron chi connectivity index (χ3n) is 6.91. The number of aromatic nitrogens is 3. The second-order valence-electron chi connectivity index (χ2n) is 9.17. The Morgan fingerprint density at radius 1 is 1.11 bits per heavy atom. The molecule has 0 spiro atoms. The van der Waals surface area contributed by atoms with Crippen molar-refractivity contribution in [2.24, 2.45) is 0 Å². The van der Waals surface area contributed by atoms with Gasteiger partial charge in [0.05, 0.1) is 12.2 Å². The van der Waals surface area contributed by atoms with Crippen LogP contribution in [0.2, 0.25) is 5.02 Å². The quantitative estimate of drug-likeness (QED) is 0.415. The van der Waals surface area contributed by atoms with Crippen LogP contribution in [-0.2, 0) is 35.5 Å². The summed E-state index contributed by atoms with van der Waals surface area (Å²) in [6.45, 7) is 1.63. The van der Waals surface area contributed by atoms with Gasteiger partial charge in [-0.3, -0.25) is 14.5 Å². The van der Waals surface area contributed by atoms with Gasteiger partial charge in [0.25, 0.3) is 0 Å². The number of hydrogen-bond donors (Lipinski definition) is 1. The summed E-state index contributed by atoms with van der Waals surface area (Å²) in [6, 6.07) is 5.40. The van der Waals surface area contributed by atoms with Crippen molar-refractivity contribution < 1.29 is 23.3 Å². The van der Waals surface area contributed by atoms with Gasteiger partial charge in [-0.1, -0.05) is 16.8 Å². The Hall–Kier alpha value is -3.76. The average molecular weight is 506 g/mol. The number of benzene rings is 1. The number of halogens is 1. The normalized spacial score (nSPS) is 19.1. The van der Waals surface area contributed by atoms with E-state index in [2.05, 4.69) is 20.4 Å². The molecule has 0 bridgehead atoms. The summed E-state index contributed by atoms with van der Waals surface area (Å²) in [7, 11) is 0. The molecule has 6 heterocycles.